The minimum absolute atomic E-state index is 0.713. The third-order valence-electron chi connectivity index (χ3n) is 2.26. The molecule has 1 heterocycles. The van der Waals surface area contributed by atoms with E-state index < -0.39 is 0 Å². The first kappa shape index (κ1) is 12.6. The molecular weight excluding hydrogens is 349 g/mol. The largest absolute Gasteiger partial charge is 0.340 e. The van der Waals surface area contributed by atoms with Crippen LogP contribution in [0, 0.1) is 3.57 Å². The Kier molecular flexibility index (Phi) is 4.17. The summed E-state index contributed by atoms with van der Waals surface area (Å²) in [6.45, 7) is 0.737. The van der Waals surface area contributed by atoms with Gasteiger partial charge in [-0.25, -0.2) is 9.97 Å². The summed E-state index contributed by atoms with van der Waals surface area (Å²) in [4.78, 5) is 10.5. The lowest BCUT2D eigenvalue weighted by Gasteiger charge is -2.16. The van der Waals surface area contributed by atoms with E-state index in [1.165, 1.54) is 0 Å². The predicted octanol–water partition coefficient (Wildman–Crippen LogP) is 3.37. The molecule has 0 saturated carbocycles. The molecule has 0 aliphatic carbocycles. The molecular formula is C12H11ClIN3. The SMILES string of the molecule is CN(Cc1cccc(Cl)c1)c1ncc(I)cn1. The van der Waals surface area contributed by atoms with Crippen LogP contribution in [0.25, 0.3) is 0 Å². The normalized spacial score (nSPS) is 10.3. The van der Waals surface area contributed by atoms with Gasteiger partial charge in [-0.05, 0) is 40.3 Å². The molecule has 5 heteroatoms. The van der Waals surface area contributed by atoms with Crippen LogP contribution in [-0.2, 0) is 6.54 Å². The van der Waals surface area contributed by atoms with Gasteiger partial charge in [-0.3, -0.25) is 0 Å². The molecule has 17 heavy (non-hydrogen) atoms. The third kappa shape index (κ3) is 3.54. The fourth-order valence-electron chi connectivity index (χ4n) is 1.48. The van der Waals surface area contributed by atoms with Crippen LogP contribution in [0.2, 0.25) is 5.02 Å². The quantitative estimate of drug-likeness (QED) is 0.787. The van der Waals surface area contributed by atoms with Crippen molar-refractivity contribution in [1.29, 1.82) is 0 Å². The zero-order valence-electron chi connectivity index (χ0n) is 9.27. The highest BCUT2D eigenvalue weighted by molar-refractivity contribution is 14.1. The van der Waals surface area contributed by atoms with Crippen molar-refractivity contribution in [2.24, 2.45) is 0 Å². The highest BCUT2D eigenvalue weighted by Gasteiger charge is 2.05. The van der Waals surface area contributed by atoms with E-state index in [4.69, 9.17) is 11.6 Å². The molecule has 1 aromatic heterocycles. The molecule has 1 aromatic carbocycles. The summed E-state index contributed by atoms with van der Waals surface area (Å²) in [5.74, 6) is 0.713. The summed E-state index contributed by atoms with van der Waals surface area (Å²) in [7, 11) is 1.96. The van der Waals surface area contributed by atoms with E-state index in [1.807, 2.05) is 36.2 Å². The highest BCUT2D eigenvalue weighted by Crippen LogP contribution is 2.14. The molecule has 2 aromatic rings. The van der Waals surface area contributed by atoms with Gasteiger partial charge in [0.15, 0.2) is 0 Å². The maximum atomic E-state index is 5.94. The van der Waals surface area contributed by atoms with Gasteiger partial charge in [0.2, 0.25) is 5.95 Å². The van der Waals surface area contributed by atoms with Crippen LogP contribution in [0.5, 0.6) is 0 Å². The van der Waals surface area contributed by atoms with Crippen LogP contribution in [0.15, 0.2) is 36.7 Å². The van der Waals surface area contributed by atoms with Gasteiger partial charge >= 0.3 is 0 Å². The lowest BCUT2D eigenvalue weighted by atomic mass is 10.2. The van der Waals surface area contributed by atoms with Crippen LogP contribution in [0.3, 0.4) is 0 Å². The molecule has 2 rings (SSSR count). The Morgan fingerprint density at radius 2 is 2.00 bits per heavy atom. The molecule has 0 saturated heterocycles. The number of nitrogens with zero attached hydrogens (tertiary/aromatic N) is 3. The average molecular weight is 360 g/mol. The fraction of sp³-hybridized carbons (Fsp3) is 0.167. The molecule has 0 aliphatic rings. The lowest BCUT2D eigenvalue weighted by Crippen LogP contribution is -2.18. The van der Waals surface area contributed by atoms with Crippen molar-refractivity contribution in [2.45, 2.75) is 6.54 Å². The first-order valence-electron chi connectivity index (χ1n) is 5.08. The molecule has 0 aliphatic heterocycles. The van der Waals surface area contributed by atoms with Gasteiger partial charge in [0.05, 0.1) is 0 Å². The number of hydrogen-bond donors (Lipinski definition) is 0. The minimum atomic E-state index is 0.713. The van der Waals surface area contributed by atoms with Gasteiger partial charge in [0.1, 0.15) is 0 Å². The van der Waals surface area contributed by atoms with Crippen LogP contribution in [-0.4, -0.2) is 17.0 Å². The zero-order valence-corrected chi connectivity index (χ0v) is 12.2. The van der Waals surface area contributed by atoms with Crippen molar-refractivity contribution in [3.8, 4) is 0 Å². The van der Waals surface area contributed by atoms with E-state index >= 15 is 0 Å². The Morgan fingerprint density at radius 1 is 1.29 bits per heavy atom. The van der Waals surface area contributed by atoms with Crippen molar-refractivity contribution in [3.63, 3.8) is 0 Å². The predicted molar refractivity (Wildman–Crippen MR) is 78.3 cm³/mol. The number of aromatic nitrogens is 2. The summed E-state index contributed by atoms with van der Waals surface area (Å²) >= 11 is 8.13. The monoisotopic (exact) mass is 359 g/mol. The van der Waals surface area contributed by atoms with Crippen molar-refractivity contribution < 1.29 is 0 Å². The van der Waals surface area contributed by atoms with Crippen molar-refractivity contribution in [2.75, 3.05) is 11.9 Å². The Balaban J connectivity index is 2.11. The van der Waals surface area contributed by atoms with E-state index in [-0.39, 0.29) is 0 Å². The summed E-state index contributed by atoms with van der Waals surface area (Å²) in [6.07, 6.45) is 3.61. The number of hydrogen-bond acceptors (Lipinski definition) is 3. The first-order chi connectivity index (χ1) is 8.15. The third-order valence-corrected chi connectivity index (χ3v) is 3.05. The smallest absolute Gasteiger partial charge is 0.225 e. The van der Waals surface area contributed by atoms with Gasteiger partial charge in [-0.1, -0.05) is 23.7 Å². The van der Waals surface area contributed by atoms with Crippen LogP contribution >= 0.6 is 34.2 Å². The first-order valence-corrected chi connectivity index (χ1v) is 6.54. The fourth-order valence-corrected chi connectivity index (χ4v) is 1.97. The highest BCUT2D eigenvalue weighted by atomic mass is 127. The van der Waals surface area contributed by atoms with Crippen LogP contribution < -0.4 is 4.90 Å². The van der Waals surface area contributed by atoms with E-state index in [9.17, 15) is 0 Å². The standard InChI is InChI=1S/C12H11ClIN3/c1-17(12-15-6-11(14)7-16-12)8-9-3-2-4-10(13)5-9/h2-7H,8H2,1H3. The van der Waals surface area contributed by atoms with Crippen molar-refractivity contribution in [1.82, 2.24) is 9.97 Å². The second kappa shape index (κ2) is 5.64. The number of rotatable bonds is 3. The molecule has 0 bridgehead atoms. The summed E-state index contributed by atoms with van der Waals surface area (Å²) < 4.78 is 1.03. The van der Waals surface area contributed by atoms with Crippen LogP contribution in [0.4, 0.5) is 5.95 Å². The second-order valence-corrected chi connectivity index (χ2v) is 5.37. The molecule has 0 atom stereocenters. The van der Waals surface area contributed by atoms with E-state index in [1.54, 1.807) is 12.4 Å². The topological polar surface area (TPSA) is 29.0 Å². The van der Waals surface area contributed by atoms with Gasteiger partial charge in [-0.2, -0.15) is 0 Å². The number of benzene rings is 1. The number of halogens is 2. The van der Waals surface area contributed by atoms with Crippen molar-refractivity contribution in [3.05, 3.63) is 50.8 Å². The minimum Gasteiger partial charge on any atom is -0.340 e. The van der Waals surface area contributed by atoms with Gasteiger partial charge in [0.25, 0.3) is 0 Å². The zero-order chi connectivity index (χ0) is 12.3. The average Bonchev–Trinajstić information content (AvgIpc) is 2.29. The second-order valence-electron chi connectivity index (χ2n) is 3.69. The Hall–Kier alpha value is -0.880. The molecule has 0 spiro atoms. The summed E-state index contributed by atoms with van der Waals surface area (Å²) in [6, 6.07) is 7.80. The van der Waals surface area contributed by atoms with E-state index in [0.717, 1.165) is 20.7 Å². The molecule has 0 N–H and O–H groups in total. The lowest BCUT2D eigenvalue weighted by molar-refractivity contribution is 0.865. The maximum Gasteiger partial charge on any atom is 0.225 e. The maximum absolute atomic E-state index is 5.94. The summed E-state index contributed by atoms with van der Waals surface area (Å²) in [5, 5.41) is 0.749. The molecule has 0 unspecified atom stereocenters. The van der Waals surface area contributed by atoms with E-state index in [0.29, 0.717) is 5.95 Å². The van der Waals surface area contributed by atoms with Crippen molar-refractivity contribution >= 4 is 40.1 Å². The molecule has 3 nitrogen and oxygen atoms in total. The molecule has 88 valence electrons. The Morgan fingerprint density at radius 3 is 2.65 bits per heavy atom. The number of anilines is 1. The molecule has 0 fully saturated rings. The van der Waals surface area contributed by atoms with Gasteiger partial charge < -0.3 is 4.90 Å². The Labute approximate surface area is 119 Å². The molecule has 0 radical (unpaired) electrons. The molecule has 0 amide bonds. The van der Waals surface area contributed by atoms with Gasteiger partial charge in [0, 0.05) is 34.6 Å². The van der Waals surface area contributed by atoms with Gasteiger partial charge in [-0.15, -0.1) is 0 Å². The van der Waals surface area contributed by atoms with E-state index in [2.05, 4.69) is 32.6 Å². The Bertz CT molecular complexity index is 501. The van der Waals surface area contributed by atoms with Crippen LogP contribution in [0.1, 0.15) is 5.56 Å². The summed E-state index contributed by atoms with van der Waals surface area (Å²) in [5.41, 5.74) is 1.14.